The number of aromatic nitrogens is 3. The van der Waals surface area contributed by atoms with Crippen molar-refractivity contribution in [2.24, 2.45) is 0 Å². The summed E-state index contributed by atoms with van der Waals surface area (Å²) in [5, 5.41) is 10.2. The first-order chi connectivity index (χ1) is 21.9. The molecule has 0 atom stereocenters. The SMILES string of the molecule is CN(Cc1ccco1)c1nc2c(c(Nc3ccc(C(F)(F)F)cc3)n1)CCN(c1ncccc1C(F)(F)F)CC2.O=C(O)C(F)(F)F. The maximum atomic E-state index is 13.7. The van der Waals surface area contributed by atoms with Gasteiger partial charge in [0.25, 0.3) is 0 Å². The first kappa shape index (κ1) is 34.8. The van der Waals surface area contributed by atoms with Gasteiger partial charge in [0, 0.05) is 44.0 Å². The molecule has 0 aliphatic carbocycles. The fourth-order valence-electron chi connectivity index (χ4n) is 4.53. The molecular formula is C29H25F9N6O3. The number of alkyl halides is 9. The second kappa shape index (κ2) is 13.8. The van der Waals surface area contributed by atoms with Gasteiger partial charge in [-0.1, -0.05) is 0 Å². The van der Waals surface area contributed by atoms with Crippen molar-refractivity contribution in [2.45, 2.75) is 37.9 Å². The molecule has 1 aliphatic rings. The van der Waals surface area contributed by atoms with Crippen LogP contribution in [-0.2, 0) is 36.5 Å². The van der Waals surface area contributed by atoms with Gasteiger partial charge in [0.05, 0.1) is 29.6 Å². The minimum atomic E-state index is -5.08. The van der Waals surface area contributed by atoms with E-state index >= 15 is 0 Å². The molecule has 0 bridgehead atoms. The summed E-state index contributed by atoms with van der Waals surface area (Å²) in [5.74, 6) is -1.56. The van der Waals surface area contributed by atoms with Crippen LogP contribution in [0.15, 0.2) is 65.4 Å². The van der Waals surface area contributed by atoms with Crippen LogP contribution in [0.5, 0.6) is 0 Å². The van der Waals surface area contributed by atoms with Crippen molar-refractivity contribution >= 4 is 29.2 Å². The third-order valence-electron chi connectivity index (χ3n) is 6.75. The number of hydrogen-bond donors (Lipinski definition) is 2. The Labute approximate surface area is 260 Å². The zero-order chi connectivity index (χ0) is 34.6. The van der Waals surface area contributed by atoms with Gasteiger partial charge in [-0.15, -0.1) is 0 Å². The van der Waals surface area contributed by atoms with Gasteiger partial charge in [0.1, 0.15) is 17.4 Å². The van der Waals surface area contributed by atoms with Crippen molar-refractivity contribution in [1.82, 2.24) is 15.0 Å². The molecule has 252 valence electrons. The summed E-state index contributed by atoms with van der Waals surface area (Å²) >= 11 is 0. The molecule has 0 spiro atoms. The van der Waals surface area contributed by atoms with E-state index in [4.69, 9.17) is 19.3 Å². The van der Waals surface area contributed by atoms with Crippen LogP contribution in [0.3, 0.4) is 0 Å². The molecule has 0 radical (unpaired) electrons. The number of hydrogen-bond acceptors (Lipinski definition) is 8. The second-order valence-corrected chi connectivity index (χ2v) is 10.1. The van der Waals surface area contributed by atoms with E-state index in [1.807, 2.05) is 0 Å². The van der Waals surface area contributed by atoms with Crippen molar-refractivity contribution < 1.29 is 53.8 Å². The fourth-order valence-corrected chi connectivity index (χ4v) is 4.53. The summed E-state index contributed by atoms with van der Waals surface area (Å²) < 4.78 is 117. The highest BCUT2D eigenvalue weighted by atomic mass is 19.4. The van der Waals surface area contributed by atoms with Crippen LogP contribution in [0.4, 0.5) is 62.8 Å². The summed E-state index contributed by atoms with van der Waals surface area (Å²) in [7, 11) is 1.76. The standard InChI is InChI=1S/C27H24F6N6O.C2HF3O2/c1-38(16-19-4-3-15-40-19)25-36-22-11-14-39(24-21(27(31,32)33)5-2-12-34-24)13-10-20(22)23(37-25)35-18-8-6-17(7-9-18)26(28,29)30;3-2(4,5)1(6)7/h2-9,12,15H,10-11,13-14,16H2,1H3,(H,35,36,37);(H,6,7). The Bertz CT molecular complexity index is 1660. The number of halogens is 9. The molecule has 2 N–H and O–H groups in total. The number of rotatable bonds is 6. The molecule has 0 saturated heterocycles. The third kappa shape index (κ3) is 9.04. The minimum Gasteiger partial charge on any atom is -0.475 e. The van der Waals surface area contributed by atoms with E-state index in [1.165, 1.54) is 24.4 Å². The smallest absolute Gasteiger partial charge is 0.475 e. The maximum Gasteiger partial charge on any atom is 0.490 e. The number of anilines is 4. The molecule has 5 rings (SSSR count). The van der Waals surface area contributed by atoms with E-state index in [0.717, 1.165) is 18.2 Å². The summed E-state index contributed by atoms with van der Waals surface area (Å²) in [4.78, 5) is 25.6. The van der Waals surface area contributed by atoms with E-state index in [-0.39, 0.29) is 25.3 Å². The number of aliphatic carboxylic acids is 1. The quantitative estimate of drug-likeness (QED) is 0.207. The highest BCUT2D eigenvalue weighted by molar-refractivity contribution is 5.73. The average Bonchev–Trinajstić information content (AvgIpc) is 3.40. The lowest BCUT2D eigenvalue weighted by Gasteiger charge is -2.24. The van der Waals surface area contributed by atoms with E-state index in [0.29, 0.717) is 47.4 Å². The molecular weight excluding hydrogens is 651 g/mol. The lowest BCUT2D eigenvalue weighted by molar-refractivity contribution is -0.192. The van der Waals surface area contributed by atoms with Crippen LogP contribution in [0.25, 0.3) is 0 Å². The summed E-state index contributed by atoms with van der Waals surface area (Å²) in [6.45, 7) is 0.783. The summed E-state index contributed by atoms with van der Waals surface area (Å²) in [5.41, 5.74) is 0.0531. The number of furan rings is 1. The molecule has 18 heteroatoms. The Morgan fingerprint density at radius 1 is 0.936 bits per heavy atom. The number of nitrogens with one attached hydrogen (secondary N) is 1. The van der Waals surface area contributed by atoms with Gasteiger partial charge in [0.2, 0.25) is 5.95 Å². The normalized spacial score (nSPS) is 13.6. The van der Waals surface area contributed by atoms with Gasteiger partial charge < -0.3 is 24.6 Å². The van der Waals surface area contributed by atoms with Crippen molar-refractivity contribution in [3.05, 3.63) is 89.1 Å². The van der Waals surface area contributed by atoms with Crippen LogP contribution < -0.4 is 15.1 Å². The Balaban J connectivity index is 0.000000644. The second-order valence-electron chi connectivity index (χ2n) is 10.1. The average molecular weight is 677 g/mol. The number of carboxylic acid groups (broad SMARTS) is 1. The Kier molecular flexibility index (Phi) is 10.2. The highest BCUT2D eigenvalue weighted by Crippen LogP contribution is 2.37. The topological polar surface area (TPSA) is 108 Å². The maximum absolute atomic E-state index is 13.7. The number of carbonyl (C=O) groups is 1. The van der Waals surface area contributed by atoms with Gasteiger partial charge in [-0.3, -0.25) is 0 Å². The lowest BCUT2D eigenvalue weighted by atomic mass is 10.1. The van der Waals surface area contributed by atoms with Crippen LogP contribution in [-0.4, -0.2) is 52.3 Å². The van der Waals surface area contributed by atoms with Crippen LogP contribution >= 0.6 is 0 Å². The molecule has 3 aromatic heterocycles. The molecule has 1 aliphatic heterocycles. The molecule has 4 heterocycles. The van der Waals surface area contributed by atoms with Gasteiger partial charge in [-0.25, -0.2) is 14.8 Å². The zero-order valence-electron chi connectivity index (χ0n) is 24.2. The first-order valence-electron chi connectivity index (χ1n) is 13.6. The third-order valence-corrected chi connectivity index (χ3v) is 6.75. The number of pyridine rings is 1. The van der Waals surface area contributed by atoms with Crippen molar-refractivity contribution in [3.8, 4) is 0 Å². The predicted octanol–water partition coefficient (Wildman–Crippen LogP) is 7.12. The number of nitrogens with zero attached hydrogens (tertiary/aromatic N) is 5. The Hall–Kier alpha value is -5.03. The number of carboxylic acids is 1. The minimum absolute atomic E-state index is 0.164. The summed E-state index contributed by atoms with van der Waals surface area (Å²) in [6, 6.07) is 10.3. The molecule has 0 fully saturated rings. The van der Waals surface area contributed by atoms with E-state index in [9.17, 15) is 39.5 Å². The summed E-state index contributed by atoms with van der Waals surface area (Å²) in [6.07, 6.45) is -10.7. The van der Waals surface area contributed by atoms with Gasteiger partial charge in [0.15, 0.2) is 0 Å². The van der Waals surface area contributed by atoms with E-state index in [2.05, 4.69) is 15.3 Å². The monoisotopic (exact) mass is 676 g/mol. The lowest BCUT2D eigenvalue weighted by Crippen LogP contribution is -2.29. The van der Waals surface area contributed by atoms with Gasteiger partial charge in [-0.05, 0) is 55.0 Å². The Morgan fingerprint density at radius 2 is 1.60 bits per heavy atom. The largest absolute Gasteiger partial charge is 0.490 e. The Morgan fingerprint density at radius 3 is 2.17 bits per heavy atom. The number of fused-ring (bicyclic) bond motifs is 1. The zero-order valence-corrected chi connectivity index (χ0v) is 24.2. The molecule has 1 aromatic carbocycles. The predicted molar refractivity (Wildman–Crippen MR) is 150 cm³/mol. The molecule has 4 aromatic rings. The van der Waals surface area contributed by atoms with Crippen molar-refractivity contribution in [2.75, 3.05) is 35.3 Å². The fraction of sp³-hybridized carbons (Fsp3) is 0.310. The molecule has 9 nitrogen and oxygen atoms in total. The van der Waals surface area contributed by atoms with E-state index < -0.39 is 35.6 Å². The van der Waals surface area contributed by atoms with Gasteiger partial charge >= 0.3 is 24.5 Å². The van der Waals surface area contributed by atoms with Crippen molar-refractivity contribution in [1.29, 1.82) is 0 Å². The van der Waals surface area contributed by atoms with Crippen LogP contribution in [0.1, 0.15) is 28.1 Å². The first-order valence-corrected chi connectivity index (χ1v) is 13.6. The van der Waals surface area contributed by atoms with Crippen LogP contribution in [0.2, 0.25) is 0 Å². The van der Waals surface area contributed by atoms with Gasteiger partial charge in [-0.2, -0.15) is 44.5 Å². The molecule has 0 amide bonds. The van der Waals surface area contributed by atoms with Crippen LogP contribution in [0, 0.1) is 0 Å². The number of benzene rings is 1. The molecule has 0 unspecified atom stereocenters. The van der Waals surface area contributed by atoms with E-state index in [1.54, 1.807) is 35.2 Å². The highest BCUT2D eigenvalue weighted by Gasteiger charge is 2.38. The molecule has 0 saturated carbocycles. The van der Waals surface area contributed by atoms with Crippen molar-refractivity contribution in [3.63, 3.8) is 0 Å². The molecule has 47 heavy (non-hydrogen) atoms.